The number of nitrogen functional groups attached to an aromatic ring is 1. The molecule has 0 aliphatic rings. The van der Waals surface area contributed by atoms with E-state index in [0.717, 1.165) is 17.8 Å². The largest absolute Gasteiger partial charge is 0.478 e. The Labute approximate surface area is 172 Å². The van der Waals surface area contributed by atoms with E-state index in [4.69, 9.17) is 10.8 Å². The number of carbonyl (C=O) groups excluding carboxylic acids is 1. The van der Waals surface area contributed by atoms with Crippen molar-refractivity contribution < 1.29 is 27.9 Å². The third-order valence-electron chi connectivity index (χ3n) is 3.72. The molecule has 158 valence electrons. The maximum atomic E-state index is 13.0. The highest BCUT2D eigenvalue weighted by Gasteiger charge is 2.32. The predicted molar refractivity (Wildman–Crippen MR) is 103 cm³/mol. The monoisotopic (exact) mass is 440 g/mol. The van der Waals surface area contributed by atoms with Crippen molar-refractivity contribution in [3.05, 3.63) is 34.9 Å². The Bertz CT molecular complexity index is 1040. The number of nitrogens with zero attached hydrogens (tertiary/aromatic N) is 3. The Balaban J connectivity index is 2.29. The lowest BCUT2D eigenvalue weighted by molar-refractivity contribution is -0.137. The van der Waals surface area contributed by atoms with Gasteiger partial charge < -0.3 is 21.5 Å². The van der Waals surface area contributed by atoms with Crippen LogP contribution in [0.1, 0.15) is 28.4 Å². The van der Waals surface area contributed by atoms with Crippen LogP contribution < -0.4 is 16.4 Å². The summed E-state index contributed by atoms with van der Waals surface area (Å²) < 4.78 is 39.0. The zero-order chi connectivity index (χ0) is 22.6. The van der Waals surface area contributed by atoms with Crippen LogP contribution in [0.15, 0.2) is 23.2 Å². The van der Waals surface area contributed by atoms with Gasteiger partial charge in [-0.2, -0.15) is 23.4 Å². The predicted octanol–water partition coefficient (Wildman–Crippen LogP) is 2.81. The molecular formula is C17H15F3N6O3S. The fourth-order valence-corrected chi connectivity index (χ4v) is 2.85. The van der Waals surface area contributed by atoms with Gasteiger partial charge in [-0.15, -0.1) is 11.8 Å². The van der Waals surface area contributed by atoms with Gasteiger partial charge in [0.1, 0.15) is 22.7 Å². The summed E-state index contributed by atoms with van der Waals surface area (Å²) in [6, 6.07) is 2.81. The van der Waals surface area contributed by atoms with Crippen LogP contribution in [0, 0.1) is 11.3 Å². The van der Waals surface area contributed by atoms with Crippen molar-refractivity contribution in [1.29, 1.82) is 5.26 Å². The summed E-state index contributed by atoms with van der Waals surface area (Å²) in [4.78, 5) is 31.3. The topological polar surface area (TPSA) is 154 Å². The van der Waals surface area contributed by atoms with Crippen molar-refractivity contribution in [3.8, 4) is 6.07 Å². The molecule has 9 nitrogen and oxygen atoms in total. The molecule has 13 heteroatoms. The minimum absolute atomic E-state index is 0.0210. The van der Waals surface area contributed by atoms with Gasteiger partial charge in [-0.05, 0) is 31.4 Å². The molecule has 1 amide bonds. The zero-order valence-electron chi connectivity index (χ0n) is 15.5. The molecule has 0 radical (unpaired) electrons. The van der Waals surface area contributed by atoms with Crippen LogP contribution in [0.5, 0.6) is 0 Å². The fraction of sp³-hybridized carbons (Fsp3) is 0.235. The molecule has 0 aliphatic carbocycles. The van der Waals surface area contributed by atoms with E-state index in [0.29, 0.717) is 12.1 Å². The lowest BCUT2D eigenvalue weighted by atomic mass is 10.1. The Morgan fingerprint density at radius 2 is 1.97 bits per heavy atom. The molecule has 5 N–H and O–H groups in total. The molecular weight excluding hydrogens is 425 g/mol. The number of nitrogens with one attached hydrogen (secondary N) is 2. The molecule has 0 fully saturated rings. The van der Waals surface area contributed by atoms with Gasteiger partial charge in [0.05, 0.1) is 11.1 Å². The maximum absolute atomic E-state index is 13.0. The van der Waals surface area contributed by atoms with Gasteiger partial charge in [-0.1, -0.05) is 0 Å². The molecule has 2 aromatic rings. The third kappa shape index (κ3) is 5.29. The Morgan fingerprint density at radius 1 is 1.30 bits per heavy atom. The standard InChI is InChI=1S/C17H15F3N6O3S/c1-7(23-12-11(6-21)14(30-2)26-16(22)25-12)13(27)24-10-4-8(15(28)29)3-9(5-10)17(18,19)20/h3-5,7H,1-2H3,(H,24,27)(H,28,29)(H3,22,23,25,26)/t7-/m0/s1. The molecule has 0 spiro atoms. The number of anilines is 3. The molecule has 0 saturated heterocycles. The molecule has 1 aromatic heterocycles. The first-order chi connectivity index (χ1) is 14.0. The van der Waals surface area contributed by atoms with Crippen LogP contribution in [0.2, 0.25) is 0 Å². The number of carboxylic acid groups (broad SMARTS) is 1. The number of halogens is 3. The number of aromatic carboxylic acids is 1. The second kappa shape index (κ2) is 8.87. The summed E-state index contributed by atoms with van der Waals surface area (Å²) in [5.74, 6) is -2.54. The number of thioether (sulfide) groups is 1. The Kier molecular flexibility index (Phi) is 6.73. The van der Waals surface area contributed by atoms with Crippen molar-refractivity contribution >= 4 is 41.1 Å². The van der Waals surface area contributed by atoms with E-state index >= 15 is 0 Å². The highest BCUT2D eigenvalue weighted by Crippen LogP contribution is 2.32. The van der Waals surface area contributed by atoms with E-state index < -0.39 is 35.2 Å². The number of rotatable bonds is 6. The number of nitriles is 1. The molecule has 0 saturated carbocycles. The van der Waals surface area contributed by atoms with E-state index in [1.807, 2.05) is 6.07 Å². The number of hydrogen-bond donors (Lipinski definition) is 4. The van der Waals surface area contributed by atoms with Crippen molar-refractivity contribution in [2.75, 3.05) is 22.6 Å². The SMILES string of the molecule is CSc1nc(N)nc(N[C@@H](C)C(=O)Nc2cc(C(=O)O)cc(C(F)(F)F)c2)c1C#N. The summed E-state index contributed by atoms with van der Waals surface area (Å²) in [5.41, 5.74) is 3.42. The summed E-state index contributed by atoms with van der Waals surface area (Å²) >= 11 is 1.14. The summed E-state index contributed by atoms with van der Waals surface area (Å²) in [5, 5.41) is 23.5. The van der Waals surface area contributed by atoms with Gasteiger partial charge in [-0.25, -0.2) is 9.78 Å². The first-order valence-corrected chi connectivity index (χ1v) is 9.33. The van der Waals surface area contributed by atoms with Crippen molar-refractivity contribution in [2.45, 2.75) is 24.2 Å². The van der Waals surface area contributed by atoms with Crippen molar-refractivity contribution in [2.24, 2.45) is 0 Å². The number of benzene rings is 1. The van der Waals surface area contributed by atoms with Gasteiger partial charge in [-0.3, -0.25) is 4.79 Å². The third-order valence-corrected chi connectivity index (χ3v) is 4.40. The van der Waals surface area contributed by atoms with E-state index in [9.17, 15) is 28.0 Å². The van der Waals surface area contributed by atoms with Crippen LogP contribution in [0.25, 0.3) is 0 Å². The fourth-order valence-electron chi connectivity index (χ4n) is 2.32. The normalized spacial score (nSPS) is 12.0. The number of aromatic nitrogens is 2. The summed E-state index contributed by atoms with van der Waals surface area (Å²) in [7, 11) is 0. The molecule has 0 unspecified atom stereocenters. The van der Waals surface area contributed by atoms with Gasteiger partial charge in [0, 0.05) is 5.69 Å². The van der Waals surface area contributed by atoms with Gasteiger partial charge in [0.25, 0.3) is 0 Å². The highest BCUT2D eigenvalue weighted by molar-refractivity contribution is 7.98. The van der Waals surface area contributed by atoms with Crippen LogP contribution in [0.4, 0.5) is 30.6 Å². The number of carbonyl (C=O) groups is 2. The number of alkyl halides is 3. The zero-order valence-corrected chi connectivity index (χ0v) is 16.4. The average Bonchev–Trinajstić information content (AvgIpc) is 2.66. The van der Waals surface area contributed by atoms with E-state index in [1.54, 1.807) is 6.26 Å². The first-order valence-electron chi connectivity index (χ1n) is 8.10. The summed E-state index contributed by atoms with van der Waals surface area (Å²) in [6.07, 6.45) is -3.14. The Hall–Kier alpha value is -3.53. The van der Waals surface area contributed by atoms with E-state index in [-0.39, 0.29) is 28.0 Å². The van der Waals surface area contributed by atoms with Gasteiger partial charge in [0.2, 0.25) is 11.9 Å². The lowest BCUT2D eigenvalue weighted by Gasteiger charge is -2.17. The van der Waals surface area contributed by atoms with Crippen molar-refractivity contribution in [1.82, 2.24) is 9.97 Å². The van der Waals surface area contributed by atoms with E-state index in [1.165, 1.54) is 6.92 Å². The smallest absolute Gasteiger partial charge is 0.416 e. The van der Waals surface area contributed by atoms with Crippen LogP contribution in [-0.2, 0) is 11.0 Å². The molecule has 30 heavy (non-hydrogen) atoms. The summed E-state index contributed by atoms with van der Waals surface area (Å²) in [6.45, 7) is 1.37. The number of amides is 1. The Morgan fingerprint density at radius 3 is 2.50 bits per heavy atom. The van der Waals surface area contributed by atoms with Crippen LogP contribution in [-0.4, -0.2) is 39.2 Å². The maximum Gasteiger partial charge on any atom is 0.416 e. The molecule has 0 aliphatic heterocycles. The highest BCUT2D eigenvalue weighted by atomic mass is 32.2. The number of carboxylic acids is 1. The van der Waals surface area contributed by atoms with Crippen LogP contribution in [0.3, 0.4) is 0 Å². The number of nitrogens with two attached hydrogens (primary N) is 1. The minimum Gasteiger partial charge on any atom is -0.478 e. The van der Waals surface area contributed by atoms with Crippen molar-refractivity contribution in [3.63, 3.8) is 0 Å². The molecule has 2 rings (SSSR count). The van der Waals surface area contributed by atoms with Gasteiger partial charge >= 0.3 is 12.1 Å². The van der Waals surface area contributed by atoms with Gasteiger partial charge in [0.15, 0.2) is 5.82 Å². The second-order valence-electron chi connectivity index (χ2n) is 5.88. The molecule has 1 atom stereocenters. The van der Waals surface area contributed by atoms with Crippen LogP contribution >= 0.6 is 11.8 Å². The quantitative estimate of drug-likeness (QED) is 0.392. The molecule has 1 aromatic carbocycles. The van der Waals surface area contributed by atoms with E-state index in [2.05, 4.69) is 20.6 Å². The average molecular weight is 440 g/mol. The molecule has 0 bridgehead atoms. The number of hydrogen-bond acceptors (Lipinski definition) is 8. The first kappa shape index (κ1) is 22.8. The lowest BCUT2D eigenvalue weighted by Crippen LogP contribution is -2.33. The second-order valence-corrected chi connectivity index (χ2v) is 6.68. The minimum atomic E-state index is -4.80. The molecule has 1 heterocycles.